The van der Waals surface area contributed by atoms with Crippen molar-refractivity contribution in [3.8, 4) is 17.2 Å². The van der Waals surface area contributed by atoms with Crippen LogP contribution in [0.4, 0.5) is 0 Å². The zero-order valence-electron chi connectivity index (χ0n) is 18.9. The van der Waals surface area contributed by atoms with Crippen LogP contribution in [0.5, 0.6) is 17.2 Å². The van der Waals surface area contributed by atoms with Crippen LogP contribution < -0.4 is 19.5 Å². The summed E-state index contributed by atoms with van der Waals surface area (Å²) in [5.41, 5.74) is 2.14. The van der Waals surface area contributed by atoms with Gasteiger partial charge >= 0.3 is 0 Å². The number of hydrogen-bond donors (Lipinski definition) is 1. The maximum atomic E-state index is 5.96. The van der Waals surface area contributed by atoms with Crippen LogP contribution in [0.1, 0.15) is 11.1 Å². The third-order valence-corrected chi connectivity index (χ3v) is 4.68. The monoisotopic (exact) mass is 414 g/mol. The van der Waals surface area contributed by atoms with E-state index in [1.165, 1.54) is 0 Å². The Hall–Kier alpha value is -2.93. The van der Waals surface area contributed by atoms with Gasteiger partial charge in [-0.05, 0) is 32.3 Å². The van der Waals surface area contributed by atoms with Crippen molar-refractivity contribution < 1.29 is 14.2 Å². The van der Waals surface area contributed by atoms with Crippen molar-refractivity contribution in [2.45, 2.75) is 13.1 Å². The lowest BCUT2D eigenvalue weighted by molar-refractivity contribution is 0.259. The molecule has 1 N–H and O–H groups in total. The molecule has 30 heavy (non-hydrogen) atoms. The first-order chi connectivity index (χ1) is 14.5. The summed E-state index contributed by atoms with van der Waals surface area (Å²) < 4.78 is 16.8. The molecule has 0 radical (unpaired) electrons. The average molecular weight is 415 g/mol. The first-order valence-electron chi connectivity index (χ1n) is 9.96. The highest BCUT2D eigenvalue weighted by molar-refractivity contribution is 5.79. The summed E-state index contributed by atoms with van der Waals surface area (Å²) in [7, 11) is 11.2. The summed E-state index contributed by atoms with van der Waals surface area (Å²) in [6, 6.07) is 13.9. The number of ether oxygens (including phenoxy) is 3. The van der Waals surface area contributed by atoms with Crippen molar-refractivity contribution in [3.63, 3.8) is 0 Å². The second-order valence-corrected chi connectivity index (χ2v) is 7.19. The predicted octanol–water partition coefficient (Wildman–Crippen LogP) is 2.85. The van der Waals surface area contributed by atoms with Gasteiger partial charge in [-0.2, -0.15) is 0 Å². The summed E-state index contributed by atoms with van der Waals surface area (Å²) in [5.74, 6) is 3.24. The maximum absolute atomic E-state index is 5.96. The van der Waals surface area contributed by atoms with E-state index in [1.807, 2.05) is 57.5 Å². The highest BCUT2D eigenvalue weighted by atomic mass is 16.5. The Labute approximate surface area is 180 Å². The van der Waals surface area contributed by atoms with Crippen LogP contribution >= 0.6 is 0 Å². The fourth-order valence-electron chi connectivity index (χ4n) is 3.00. The van der Waals surface area contributed by atoms with E-state index in [-0.39, 0.29) is 0 Å². The largest absolute Gasteiger partial charge is 0.497 e. The molecule has 7 heteroatoms. The molecule has 0 aromatic heterocycles. The molecule has 0 saturated carbocycles. The van der Waals surface area contributed by atoms with E-state index in [0.29, 0.717) is 19.7 Å². The highest BCUT2D eigenvalue weighted by Crippen LogP contribution is 2.25. The van der Waals surface area contributed by atoms with Crippen molar-refractivity contribution >= 4 is 5.96 Å². The molecular weight excluding hydrogens is 380 g/mol. The maximum Gasteiger partial charge on any atom is 0.193 e. The van der Waals surface area contributed by atoms with E-state index in [0.717, 1.165) is 40.9 Å². The third kappa shape index (κ3) is 6.84. The van der Waals surface area contributed by atoms with E-state index in [4.69, 9.17) is 14.2 Å². The molecule has 2 aromatic carbocycles. The Morgan fingerprint density at radius 3 is 2.40 bits per heavy atom. The number of methoxy groups -OCH3 is 2. The molecule has 0 aliphatic rings. The van der Waals surface area contributed by atoms with Gasteiger partial charge in [-0.1, -0.05) is 18.2 Å². The molecule has 0 saturated heterocycles. The Morgan fingerprint density at radius 2 is 1.73 bits per heavy atom. The number of guanidine groups is 1. The van der Waals surface area contributed by atoms with Gasteiger partial charge in [0.25, 0.3) is 0 Å². The fraction of sp³-hybridized carbons (Fsp3) is 0.435. The quantitative estimate of drug-likeness (QED) is 0.477. The minimum atomic E-state index is 0.620. The molecule has 164 valence electrons. The van der Waals surface area contributed by atoms with Crippen LogP contribution in [0, 0.1) is 0 Å². The summed E-state index contributed by atoms with van der Waals surface area (Å²) in [6.45, 7) is 2.79. The summed E-state index contributed by atoms with van der Waals surface area (Å²) in [5, 5.41) is 3.43. The summed E-state index contributed by atoms with van der Waals surface area (Å²) >= 11 is 0. The second kappa shape index (κ2) is 11.9. The number of benzene rings is 2. The van der Waals surface area contributed by atoms with E-state index >= 15 is 0 Å². The molecular formula is C23H34N4O3. The van der Waals surface area contributed by atoms with Gasteiger partial charge in [-0.3, -0.25) is 4.99 Å². The van der Waals surface area contributed by atoms with Gasteiger partial charge in [-0.15, -0.1) is 0 Å². The Balaban J connectivity index is 2.01. The van der Waals surface area contributed by atoms with Gasteiger partial charge in [0.1, 0.15) is 23.9 Å². The van der Waals surface area contributed by atoms with Crippen molar-refractivity contribution in [1.82, 2.24) is 15.1 Å². The fourth-order valence-corrected chi connectivity index (χ4v) is 3.00. The molecule has 2 rings (SSSR count). The van der Waals surface area contributed by atoms with Gasteiger partial charge in [0, 0.05) is 50.9 Å². The molecule has 7 nitrogen and oxygen atoms in total. The minimum Gasteiger partial charge on any atom is -0.497 e. The molecule has 0 aliphatic carbocycles. The minimum absolute atomic E-state index is 0.620. The van der Waals surface area contributed by atoms with Crippen molar-refractivity contribution in [3.05, 3.63) is 53.6 Å². The van der Waals surface area contributed by atoms with Crippen LogP contribution in [-0.2, 0) is 13.1 Å². The standard InChI is InChI=1S/C23H34N4O3/c1-24-23(27(4)17-19-11-12-20(28-5)15-22(19)29-6)25-16-18-9-7-8-10-21(18)30-14-13-26(2)3/h7-12,15H,13-14,16-17H2,1-6H3,(H,24,25). The molecule has 0 aliphatic heterocycles. The topological polar surface area (TPSA) is 58.6 Å². The van der Waals surface area contributed by atoms with E-state index < -0.39 is 0 Å². The molecule has 0 atom stereocenters. The lowest BCUT2D eigenvalue weighted by atomic mass is 10.2. The molecule has 0 spiro atoms. The van der Waals surface area contributed by atoms with Crippen LogP contribution in [0.25, 0.3) is 0 Å². The number of likely N-dealkylation sites (N-methyl/N-ethyl adjacent to an activating group) is 1. The predicted molar refractivity (Wildman–Crippen MR) is 122 cm³/mol. The number of nitrogens with one attached hydrogen (secondary N) is 1. The van der Waals surface area contributed by atoms with Gasteiger partial charge in [0.05, 0.1) is 14.2 Å². The van der Waals surface area contributed by atoms with E-state index in [2.05, 4.69) is 26.2 Å². The number of rotatable bonds is 10. The number of hydrogen-bond acceptors (Lipinski definition) is 5. The Bertz CT molecular complexity index is 824. The van der Waals surface area contributed by atoms with E-state index in [1.54, 1.807) is 21.3 Å². The van der Waals surface area contributed by atoms with Crippen molar-refractivity contribution in [1.29, 1.82) is 0 Å². The number of nitrogens with zero attached hydrogens (tertiary/aromatic N) is 3. The summed E-state index contributed by atoms with van der Waals surface area (Å²) in [4.78, 5) is 8.58. The van der Waals surface area contributed by atoms with Crippen LogP contribution in [0.15, 0.2) is 47.5 Å². The summed E-state index contributed by atoms with van der Waals surface area (Å²) in [6.07, 6.45) is 0. The second-order valence-electron chi connectivity index (χ2n) is 7.19. The van der Waals surface area contributed by atoms with Gasteiger partial charge in [0.2, 0.25) is 0 Å². The zero-order chi connectivity index (χ0) is 21.9. The van der Waals surface area contributed by atoms with Crippen LogP contribution in [0.3, 0.4) is 0 Å². The molecule has 0 bridgehead atoms. The van der Waals surface area contributed by atoms with Gasteiger partial charge in [0.15, 0.2) is 5.96 Å². The average Bonchev–Trinajstić information content (AvgIpc) is 2.75. The lowest BCUT2D eigenvalue weighted by Gasteiger charge is -2.24. The Morgan fingerprint density at radius 1 is 0.967 bits per heavy atom. The lowest BCUT2D eigenvalue weighted by Crippen LogP contribution is -2.38. The first kappa shape index (κ1) is 23.3. The van der Waals surface area contributed by atoms with Gasteiger partial charge < -0.3 is 29.3 Å². The SMILES string of the molecule is CN=C(NCc1ccccc1OCCN(C)C)N(C)Cc1ccc(OC)cc1OC. The first-order valence-corrected chi connectivity index (χ1v) is 9.96. The van der Waals surface area contributed by atoms with Crippen LogP contribution in [0.2, 0.25) is 0 Å². The molecule has 0 heterocycles. The molecule has 0 fully saturated rings. The smallest absolute Gasteiger partial charge is 0.193 e. The highest BCUT2D eigenvalue weighted by Gasteiger charge is 2.12. The number of aliphatic imine (C=N–C) groups is 1. The molecule has 0 unspecified atom stereocenters. The van der Waals surface area contributed by atoms with Crippen LogP contribution in [-0.4, -0.2) is 71.3 Å². The normalized spacial score (nSPS) is 11.4. The molecule has 2 aromatic rings. The van der Waals surface area contributed by atoms with E-state index in [9.17, 15) is 0 Å². The molecule has 0 amide bonds. The van der Waals surface area contributed by atoms with Gasteiger partial charge in [-0.25, -0.2) is 0 Å². The number of para-hydroxylation sites is 1. The van der Waals surface area contributed by atoms with Crippen molar-refractivity contribution in [2.24, 2.45) is 4.99 Å². The Kier molecular flexibility index (Phi) is 9.28. The zero-order valence-corrected chi connectivity index (χ0v) is 18.9. The third-order valence-electron chi connectivity index (χ3n) is 4.68. The van der Waals surface area contributed by atoms with Crippen molar-refractivity contribution in [2.75, 3.05) is 55.6 Å².